The van der Waals surface area contributed by atoms with E-state index in [1.54, 1.807) is 0 Å². The summed E-state index contributed by atoms with van der Waals surface area (Å²) in [4.78, 5) is 5.09. The van der Waals surface area contributed by atoms with Crippen LogP contribution in [0.1, 0.15) is 0 Å². The molecule has 11 rings (SSSR count). The lowest BCUT2D eigenvalue weighted by atomic mass is 9.82. The second kappa shape index (κ2) is 10.9. The molecule has 0 spiro atoms. The van der Waals surface area contributed by atoms with Crippen LogP contribution in [-0.4, -0.2) is 21.4 Å². The Morgan fingerprint density at radius 1 is 0.549 bits per heavy atom. The zero-order valence-corrected chi connectivity index (χ0v) is 27.6. The number of pyridine rings is 1. The van der Waals surface area contributed by atoms with Crippen molar-refractivity contribution < 1.29 is 4.74 Å². The first-order valence-corrected chi connectivity index (χ1v) is 17.4. The van der Waals surface area contributed by atoms with Crippen molar-refractivity contribution in [2.24, 2.45) is 0 Å². The Balaban J connectivity index is 1.20. The van der Waals surface area contributed by atoms with Gasteiger partial charge < -0.3 is 9.30 Å². The van der Waals surface area contributed by atoms with E-state index in [0.717, 1.165) is 62.0 Å². The van der Waals surface area contributed by atoms with E-state index in [1.807, 2.05) is 12.3 Å². The summed E-state index contributed by atoms with van der Waals surface area (Å²) in [5.41, 5.74) is 15.6. The van der Waals surface area contributed by atoms with Gasteiger partial charge in [0.15, 0.2) is 5.75 Å². The molecule has 1 unspecified atom stereocenters. The second-order valence-electron chi connectivity index (χ2n) is 13.3. The number of benzene rings is 6. The maximum Gasteiger partial charge on any atom is 0.254 e. The third-order valence-corrected chi connectivity index (χ3v) is 10.5. The van der Waals surface area contributed by atoms with Gasteiger partial charge in [-0.15, -0.1) is 0 Å². The van der Waals surface area contributed by atoms with E-state index in [2.05, 4.69) is 173 Å². The van der Waals surface area contributed by atoms with Crippen LogP contribution >= 0.6 is 0 Å². The topological polar surface area (TPSA) is 30.1 Å². The number of ether oxygens (including phenoxy) is 1. The van der Waals surface area contributed by atoms with E-state index in [1.165, 1.54) is 32.9 Å². The molecule has 0 saturated carbocycles. The number of aromatic nitrogens is 2. The summed E-state index contributed by atoms with van der Waals surface area (Å²) < 4.78 is 11.5. The fraction of sp³-hybridized carbons (Fsp3) is 0.0213. The van der Waals surface area contributed by atoms with Crippen LogP contribution in [0.25, 0.3) is 72.1 Å². The van der Waals surface area contributed by atoms with E-state index in [9.17, 15) is 0 Å². The van der Waals surface area contributed by atoms with Crippen molar-refractivity contribution in [1.82, 2.24) is 14.1 Å². The van der Waals surface area contributed by atoms with Crippen LogP contribution in [0.2, 0.25) is 0 Å². The van der Waals surface area contributed by atoms with Gasteiger partial charge in [-0.25, -0.2) is 0 Å². The van der Waals surface area contributed by atoms with Gasteiger partial charge in [-0.05, 0) is 70.3 Å². The van der Waals surface area contributed by atoms with Crippen LogP contribution in [0, 0.1) is 0 Å². The molecule has 0 saturated heterocycles. The molecule has 2 aromatic heterocycles. The predicted molar refractivity (Wildman–Crippen MR) is 209 cm³/mol. The molecule has 1 aliphatic heterocycles. The number of allylic oxidation sites excluding steroid dienone is 2. The van der Waals surface area contributed by atoms with Crippen molar-refractivity contribution in [2.45, 2.75) is 6.10 Å². The molecule has 0 N–H and O–H groups in total. The van der Waals surface area contributed by atoms with Crippen molar-refractivity contribution >= 4 is 38.9 Å². The quantitative estimate of drug-likeness (QED) is 0.174. The Morgan fingerprint density at radius 2 is 1.22 bits per heavy atom. The minimum Gasteiger partial charge on any atom is -0.468 e. The van der Waals surface area contributed by atoms with Gasteiger partial charge in [-0.1, -0.05) is 103 Å². The fourth-order valence-corrected chi connectivity index (χ4v) is 8.33. The Kier molecular flexibility index (Phi) is 5.98. The van der Waals surface area contributed by atoms with E-state index < -0.39 is 0 Å². The minimum absolute atomic E-state index is 0.190. The molecular formula is C47H30N3O+. The monoisotopic (exact) mass is 652 g/mol. The molecule has 6 aromatic carbocycles. The highest BCUT2D eigenvalue weighted by Crippen LogP contribution is 2.51. The molecule has 3 aliphatic rings. The smallest absolute Gasteiger partial charge is 0.254 e. The largest absolute Gasteiger partial charge is 0.468 e. The van der Waals surface area contributed by atoms with Gasteiger partial charge in [0.25, 0.3) is 5.69 Å². The lowest BCUT2D eigenvalue weighted by Gasteiger charge is -2.27. The number of para-hydroxylation sites is 3. The normalized spacial score (nSPS) is 15.2. The van der Waals surface area contributed by atoms with Crippen LogP contribution in [0.15, 0.2) is 176 Å². The van der Waals surface area contributed by atoms with Gasteiger partial charge in [0.1, 0.15) is 0 Å². The van der Waals surface area contributed by atoms with Crippen molar-refractivity contribution in [3.8, 4) is 56.1 Å². The zero-order chi connectivity index (χ0) is 33.5. The highest BCUT2D eigenvalue weighted by atomic mass is 16.5. The molecule has 1 atom stereocenters. The summed E-state index contributed by atoms with van der Waals surface area (Å²) in [5, 5.41) is 2.50. The molecule has 238 valence electrons. The Labute approximate surface area is 295 Å². The molecule has 0 bridgehead atoms. The van der Waals surface area contributed by atoms with Gasteiger partial charge in [-0.2, -0.15) is 4.58 Å². The maximum atomic E-state index is 6.78. The molecule has 0 radical (unpaired) electrons. The number of hydrogen-bond acceptors (Lipinski definition) is 2. The molecule has 0 fully saturated rings. The maximum absolute atomic E-state index is 6.78. The first-order chi connectivity index (χ1) is 25.3. The standard InChI is InChI=1S/C47H30N3O/c1-2-13-30(14-3-1)49-43-22-10-11-23-45(43)51-46-29-40-39(28-44(46)49)33-16-5-4-15-32(33)38-27-31(24-25-34(38)37-19-12-26-48-47(37)40)50-41-20-8-6-17-35(41)36-18-7-9-21-42(36)50/h1-29,45H/q+1. The molecule has 2 aliphatic carbocycles. The molecule has 4 nitrogen and oxygen atoms in total. The van der Waals surface area contributed by atoms with E-state index >= 15 is 0 Å². The van der Waals surface area contributed by atoms with Crippen molar-refractivity contribution in [3.63, 3.8) is 0 Å². The second-order valence-corrected chi connectivity index (χ2v) is 13.3. The van der Waals surface area contributed by atoms with Crippen molar-refractivity contribution in [2.75, 3.05) is 0 Å². The minimum atomic E-state index is -0.190. The van der Waals surface area contributed by atoms with E-state index in [-0.39, 0.29) is 6.10 Å². The van der Waals surface area contributed by atoms with Crippen LogP contribution in [0.5, 0.6) is 5.75 Å². The van der Waals surface area contributed by atoms with Crippen molar-refractivity contribution in [3.05, 3.63) is 176 Å². The molecule has 8 aromatic rings. The molecule has 4 heteroatoms. The molecular weight excluding hydrogens is 623 g/mol. The number of hydrogen-bond donors (Lipinski definition) is 0. The Morgan fingerprint density at radius 3 is 2.00 bits per heavy atom. The number of rotatable bonds is 2. The average Bonchev–Trinajstić information content (AvgIpc) is 3.53. The first-order valence-electron chi connectivity index (χ1n) is 17.4. The summed E-state index contributed by atoms with van der Waals surface area (Å²) in [6.45, 7) is 0. The van der Waals surface area contributed by atoms with E-state index in [0.29, 0.717) is 0 Å². The average molecular weight is 653 g/mol. The van der Waals surface area contributed by atoms with Gasteiger partial charge in [0, 0.05) is 58.1 Å². The van der Waals surface area contributed by atoms with Crippen LogP contribution in [-0.2, 0) is 0 Å². The third kappa shape index (κ3) is 4.14. The van der Waals surface area contributed by atoms with Gasteiger partial charge in [-0.3, -0.25) is 4.98 Å². The molecule has 3 heterocycles. The summed E-state index contributed by atoms with van der Waals surface area (Å²) >= 11 is 0. The lowest BCUT2D eigenvalue weighted by molar-refractivity contribution is 0.303. The summed E-state index contributed by atoms with van der Waals surface area (Å²) in [5.74, 6) is 0.836. The highest BCUT2D eigenvalue weighted by molar-refractivity contribution is 6.11. The summed E-state index contributed by atoms with van der Waals surface area (Å²) in [6.07, 6.45) is 10.1. The summed E-state index contributed by atoms with van der Waals surface area (Å²) in [6, 6.07) is 52.5. The molecule has 51 heavy (non-hydrogen) atoms. The lowest BCUT2D eigenvalue weighted by Crippen LogP contribution is -2.36. The Hall–Kier alpha value is -6.78. The Bertz CT molecular complexity index is 2780. The highest BCUT2D eigenvalue weighted by Gasteiger charge is 2.37. The van der Waals surface area contributed by atoms with Gasteiger partial charge in [0.05, 0.1) is 16.7 Å². The first kappa shape index (κ1) is 28.1. The number of nitrogens with zero attached hydrogens (tertiary/aromatic N) is 3. The SMILES string of the molecule is C1=CC2=[N+](c3ccccc3)c3cc4c(cc3OC2C=C1)-c1ncccc1-c1ccc(-n2c3ccccc3c3ccccc32)cc1-c1ccccc1-4. The van der Waals surface area contributed by atoms with Crippen molar-refractivity contribution in [1.29, 1.82) is 0 Å². The third-order valence-electron chi connectivity index (χ3n) is 10.5. The fourth-order valence-electron chi connectivity index (χ4n) is 8.33. The zero-order valence-electron chi connectivity index (χ0n) is 27.6. The van der Waals surface area contributed by atoms with Crippen LogP contribution in [0.4, 0.5) is 11.4 Å². The summed E-state index contributed by atoms with van der Waals surface area (Å²) in [7, 11) is 0. The van der Waals surface area contributed by atoms with E-state index in [4.69, 9.17) is 9.72 Å². The van der Waals surface area contributed by atoms with Gasteiger partial charge >= 0.3 is 0 Å². The van der Waals surface area contributed by atoms with Gasteiger partial charge in [0.2, 0.25) is 17.5 Å². The molecule has 0 amide bonds. The predicted octanol–water partition coefficient (Wildman–Crippen LogP) is 11.3. The van der Waals surface area contributed by atoms with Crippen LogP contribution < -0.4 is 9.31 Å². The van der Waals surface area contributed by atoms with Crippen LogP contribution in [0.3, 0.4) is 0 Å². The number of fused-ring (bicyclic) bond motifs is 13.